The second kappa shape index (κ2) is 5.95. The number of hydrogen-bond acceptors (Lipinski definition) is 3. The molecule has 0 fully saturated rings. The van der Waals surface area contributed by atoms with Crippen LogP contribution in [0.5, 0.6) is 0 Å². The fourth-order valence-corrected chi connectivity index (χ4v) is 2.03. The lowest BCUT2D eigenvalue weighted by Crippen LogP contribution is -1.88. The first-order chi connectivity index (χ1) is 6.88. The van der Waals surface area contributed by atoms with E-state index in [2.05, 4.69) is 10.3 Å². The fourth-order valence-electron chi connectivity index (χ4n) is 1.07. The molecule has 0 radical (unpaired) electrons. The standard InChI is InChI=1S/C10H9ClN2S.ClH/c11-6-9-7-14-10(13-9)12-8-4-2-1-3-5-8;/h1-5,7H,6H2,(H,12,13);1H. The number of thiazole rings is 1. The van der Waals surface area contributed by atoms with Gasteiger partial charge in [0.15, 0.2) is 5.13 Å². The maximum atomic E-state index is 5.66. The van der Waals surface area contributed by atoms with E-state index in [1.807, 2.05) is 35.7 Å². The highest BCUT2D eigenvalue weighted by atomic mass is 35.5. The molecule has 0 aliphatic carbocycles. The molecule has 0 saturated carbocycles. The van der Waals surface area contributed by atoms with Crippen LogP contribution in [0.1, 0.15) is 5.69 Å². The molecule has 0 aliphatic heterocycles. The van der Waals surface area contributed by atoms with E-state index in [4.69, 9.17) is 11.6 Å². The van der Waals surface area contributed by atoms with Gasteiger partial charge in [0.25, 0.3) is 0 Å². The van der Waals surface area contributed by atoms with Gasteiger partial charge >= 0.3 is 0 Å². The minimum absolute atomic E-state index is 0. The predicted octanol–water partition coefficient (Wildman–Crippen LogP) is 4.05. The molecule has 1 aromatic carbocycles. The Morgan fingerprint density at radius 1 is 1.27 bits per heavy atom. The summed E-state index contributed by atoms with van der Waals surface area (Å²) in [5.41, 5.74) is 1.96. The minimum Gasteiger partial charge on any atom is -0.332 e. The molecule has 0 aliphatic rings. The molecule has 1 aromatic heterocycles. The number of nitrogens with one attached hydrogen (secondary N) is 1. The molecule has 15 heavy (non-hydrogen) atoms. The number of alkyl halides is 1. The molecular weight excluding hydrogens is 251 g/mol. The summed E-state index contributed by atoms with van der Waals surface area (Å²) >= 11 is 7.22. The topological polar surface area (TPSA) is 24.9 Å². The molecule has 0 atom stereocenters. The molecule has 0 amide bonds. The van der Waals surface area contributed by atoms with E-state index in [0.717, 1.165) is 16.5 Å². The molecule has 80 valence electrons. The van der Waals surface area contributed by atoms with E-state index >= 15 is 0 Å². The van der Waals surface area contributed by atoms with Gasteiger partial charge < -0.3 is 5.32 Å². The third-order valence-electron chi connectivity index (χ3n) is 1.71. The molecule has 2 nitrogen and oxygen atoms in total. The zero-order valence-corrected chi connectivity index (χ0v) is 10.2. The summed E-state index contributed by atoms with van der Waals surface area (Å²) in [4.78, 5) is 4.30. The smallest absolute Gasteiger partial charge is 0.187 e. The number of para-hydroxylation sites is 1. The number of anilines is 2. The monoisotopic (exact) mass is 260 g/mol. The summed E-state index contributed by atoms with van der Waals surface area (Å²) in [6.07, 6.45) is 0. The molecule has 0 bridgehead atoms. The van der Waals surface area contributed by atoms with E-state index in [1.165, 1.54) is 0 Å². The average molecular weight is 261 g/mol. The van der Waals surface area contributed by atoms with Gasteiger partial charge in [0.1, 0.15) is 0 Å². The molecule has 1 heterocycles. The van der Waals surface area contributed by atoms with Gasteiger partial charge in [-0.25, -0.2) is 4.98 Å². The van der Waals surface area contributed by atoms with Gasteiger partial charge in [0.05, 0.1) is 11.6 Å². The van der Waals surface area contributed by atoms with Crippen molar-refractivity contribution >= 4 is 46.2 Å². The Balaban J connectivity index is 0.00000112. The van der Waals surface area contributed by atoms with Crippen molar-refractivity contribution in [3.8, 4) is 0 Å². The Labute approximate surface area is 104 Å². The maximum Gasteiger partial charge on any atom is 0.187 e. The van der Waals surface area contributed by atoms with Crippen molar-refractivity contribution in [2.45, 2.75) is 5.88 Å². The van der Waals surface area contributed by atoms with Crippen LogP contribution in [0.2, 0.25) is 0 Å². The first-order valence-corrected chi connectivity index (χ1v) is 5.62. The van der Waals surface area contributed by atoms with E-state index in [-0.39, 0.29) is 12.4 Å². The first-order valence-electron chi connectivity index (χ1n) is 4.21. The van der Waals surface area contributed by atoms with Crippen LogP contribution in [0, 0.1) is 0 Å². The van der Waals surface area contributed by atoms with Crippen LogP contribution < -0.4 is 5.32 Å². The van der Waals surface area contributed by atoms with Gasteiger partial charge in [0.2, 0.25) is 0 Å². The fraction of sp³-hybridized carbons (Fsp3) is 0.100. The number of benzene rings is 1. The third kappa shape index (κ3) is 3.38. The molecule has 2 rings (SSSR count). The summed E-state index contributed by atoms with van der Waals surface area (Å²) in [5, 5.41) is 6.05. The number of rotatable bonds is 3. The zero-order valence-electron chi connectivity index (χ0n) is 7.81. The lowest BCUT2D eigenvalue weighted by Gasteiger charge is -2.00. The maximum absolute atomic E-state index is 5.66. The Morgan fingerprint density at radius 3 is 2.60 bits per heavy atom. The highest BCUT2D eigenvalue weighted by molar-refractivity contribution is 7.13. The van der Waals surface area contributed by atoms with Gasteiger partial charge in [-0.05, 0) is 12.1 Å². The van der Waals surface area contributed by atoms with Crippen LogP contribution in [0.3, 0.4) is 0 Å². The Bertz CT molecular complexity index is 403. The van der Waals surface area contributed by atoms with Crippen molar-refractivity contribution in [1.29, 1.82) is 0 Å². The van der Waals surface area contributed by atoms with Gasteiger partial charge in [-0.2, -0.15) is 0 Å². The molecule has 0 spiro atoms. The molecule has 2 aromatic rings. The molecule has 1 N–H and O–H groups in total. The van der Waals surface area contributed by atoms with Crippen molar-refractivity contribution in [3.63, 3.8) is 0 Å². The second-order valence-corrected chi connectivity index (χ2v) is 3.89. The molecule has 0 saturated heterocycles. The molecule has 5 heteroatoms. The third-order valence-corrected chi connectivity index (χ3v) is 2.79. The predicted molar refractivity (Wildman–Crippen MR) is 68.6 cm³/mol. The number of aromatic nitrogens is 1. The van der Waals surface area contributed by atoms with Gasteiger partial charge in [-0.1, -0.05) is 18.2 Å². The Hall–Kier alpha value is -0.770. The largest absolute Gasteiger partial charge is 0.332 e. The average Bonchev–Trinajstić information content (AvgIpc) is 2.67. The van der Waals surface area contributed by atoms with Gasteiger partial charge in [0, 0.05) is 11.1 Å². The number of hydrogen-bond donors (Lipinski definition) is 1. The van der Waals surface area contributed by atoms with Crippen molar-refractivity contribution in [1.82, 2.24) is 4.98 Å². The molecular formula is C10H10Cl2N2S. The van der Waals surface area contributed by atoms with Gasteiger partial charge in [-0.15, -0.1) is 35.3 Å². The van der Waals surface area contributed by atoms with Crippen molar-refractivity contribution in [2.75, 3.05) is 5.32 Å². The van der Waals surface area contributed by atoms with Crippen molar-refractivity contribution in [3.05, 3.63) is 41.4 Å². The van der Waals surface area contributed by atoms with Crippen LogP contribution in [-0.4, -0.2) is 4.98 Å². The van der Waals surface area contributed by atoms with Crippen LogP contribution in [0.4, 0.5) is 10.8 Å². The van der Waals surface area contributed by atoms with Crippen molar-refractivity contribution < 1.29 is 0 Å². The van der Waals surface area contributed by atoms with Crippen LogP contribution in [0.15, 0.2) is 35.7 Å². The minimum atomic E-state index is 0. The highest BCUT2D eigenvalue weighted by Gasteiger charge is 2.00. The zero-order chi connectivity index (χ0) is 9.80. The first kappa shape index (κ1) is 12.3. The molecule has 0 unspecified atom stereocenters. The Morgan fingerprint density at radius 2 is 2.00 bits per heavy atom. The quantitative estimate of drug-likeness (QED) is 0.843. The van der Waals surface area contributed by atoms with Crippen LogP contribution >= 0.6 is 35.3 Å². The van der Waals surface area contributed by atoms with Crippen LogP contribution in [0.25, 0.3) is 0 Å². The summed E-state index contributed by atoms with van der Waals surface area (Å²) in [6, 6.07) is 9.96. The Kier molecular flexibility index (Phi) is 4.88. The van der Waals surface area contributed by atoms with Crippen LogP contribution in [-0.2, 0) is 5.88 Å². The van der Waals surface area contributed by atoms with E-state index in [9.17, 15) is 0 Å². The lowest BCUT2D eigenvalue weighted by molar-refractivity contribution is 1.22. The SMILES string of the molecule is Cl.ClCc1csc(Nc2ccccc2)n1. The summed E-state index contributed by atoms with van der Waals surface area (Å²) in [6.45, 7) is 0. The van der Waals surface area contributed by atoms with E-state index in [0.29, 0.717) is 5.88 Å². The number of halogens is 2. The normalized spacial score (nSPS) is 9.40. The summed E-state index contributed by atoms with van der Waals surface area (Å²) < 4.78 is 0. The van der Waals surface area contributed by atoms with Crippen molar-refractivity contribution in [2.24, 2.45) is 0 Å². The van der Waals surface area contributed by atoms with E-state index in [1.54, 1.807) is 11.3 Å². The summed E-state index contributed by atoms with van der Waals surface area (Å²) in [5.74, 6) is 0.465. The second-order valence-electron chi connectivity index (χ2n) is 2.77. The highest BCUT2D eigenvalue weighted by Crippen LogP contribution is 2.21. The number of nitrogens with zero attached hydrogens (tertiary/aromatic N) is 1. The van der Waals surface area contributed by atoms with E-state index < -0.39 is 0 Å². The summed E-state index contributed by atoms with van der Waals surface area (Å²) in [7, 11) is 0. The van der Waals surface area contributed by atoms with Gasteiger partial charge in [-0.3, -0.25) is 0 Å². The lowest BCUT2D eigenvalue weighted by atomic mass is 10.3.